The molecule has 1 aliphatic rings. The van der Waals surface area contributed by atoms with Crippen molar-refractivity contribution in [1.82, 2.24) is 0 Å². The second kappa shape index (κ2) is 6.23. The van der Waals surface area contributed by atoms with E-state index < -0.39 is 0 Å². The molecule has 0 unspecified atom stereocenters. The standard InChI is InChI=1S/C6H8N2.C4H8O2/c7-5-2-1-3-6(8)4-5;1-2-4-6-5-3-1/h1-4H,7-8H2;1-4H2. The van der Waals surface area contributed by atoms with Gasteiger partial charge in [0.25, 0.3) is 0 Å². The minimum Gasteiger partial charge on any atom is -0.399 e. The van der Waals surface area contributed by atoms with Gasteiger partial charge < -0.3 is 11.5 Å². The quantitative estimate of drug-likeness (QED) is 0.488. The van der Waals surface area contributed by atoms with Crippen molar-refractivity contribution < 1.29 is 9.78 Å². The molecule has 0 radical (unpaired) electrons. The summed E-state index contributed by atoms with van der Waals surface area (Å²) in [4.78, 5) is 9.14. The maximum atomic E-state index is 5.38. The third-order valence-corrected chi connectivity index (χ3v) is 1.70. The van der Waals surface area contributed by atoms with Gasteiger partial charge in [-0.1, -0.05) is 6.07 Å². The van der Waals surface area contributed by atoms with Gasteiger partial charge in [-0.05, 0) is 31.0 Å². The summed E-state index contributed by atoms with van der Waals surface area (Å²) in [6.07, 6.45) is 2.31. The van der Waals surface area contributed by atoms with Crippen LogP contribution in [0.2, 0.25) is 0 Å². The van der Waals surface area contributed by atoms with Gasteiger partial charge in [-0.15, -0.1) is 0 Å². The van der Waals surface area contributed by atoms with Crippen LogP contribution < -0.4 is 11.5 Å². The summed E-state index contributed by atoms with van der Waals surface area (Å²) in [5.74, 6) is 0. The van der Waals surface area contributed by atoms with Crippen LogP contribution in [0.5, 0.6) is 0 Å². The van der Waals surface area contributed by atoms with Gasteiger partial charge in [0, 0.05) is 11.4 Å². The Morgan fingerprint density at radius 2 is 1.43 bits per heavy atom. The van der Waals surface area contributed by atoms with Gasteiger partial charge in [0.1, 0.15) is 0 Å². The van der Waals surface area contributed by atoms with Gasteiger partial charge in [0.15, 0.2) is 0 Å². The lowest BCUT2D eigenvalue weighted by molar-refractivity contribution is -0.312. The molecule has 78 valence electrons. The van der Waals surface area contributed by atoms with Gasteiger partial charge >= 0.3 is 0 Å². The molecule has 14 heavy (non-hydrogen) atoms. The first-order valence-corrected chi connectivity index (χ1v) is 4.64. The van der Waals surface area contributed by atoms with E-state index in [1.807, 2.05) is 6.07 Å². The Hall–Kier alpha value is -1.26. The first-order chi connectivity index (χ1) is 6.79. The lowest BCUT2D eigenvalue weighted by Gasteiger charge is -2.07. The third-order valence-electron chi connectivity index (χ3n) is 1.70. The maximum absolute atomic E-state index is 5.38. The molecule has 1 saturated heterocycles. The third kappa shape index (κ3) is 4.69. The topological polar surface area (TPSA) is 70.5 Å². The molecule has 1 fully saturated rings. The van der Waals surface area contributed by atoms with Crippen LogP contribution in [0.4, 0.5) is 11.4 Å². The minimum atomic E-state index is 0.713. The van der Waals surface area contributed by atoms with E-state index in [0.717, 1.165) is 26.1 Å². The minimum absolute atomic E-state index is 0.713. The van der Waals surface area contributed by atoms with Crippen molar-refractivity contribution in [3.63, 3.8) is 0 Å². The summed E-state index contributed by atoms with van der Waals surface area (Å²) in [6, 6.07) is 7.15. The predicted octanol–water partition coefficient (Wildman–Crippen LogP) is 1.58. The monoisotopic (exact) mass is 196 g/mol. The van der Waals surface area contributed by atoms with E-state index in [1.165, 1.54) is 0 Å². The Balaban J connectivity index is 0.000000146. The van der Waals surface area contributed by atoms with Crippen LogP contribution >= 0.6 is 0 Å². The molecule has 0 saturated carbocycles. The number of nitrogen functional groups attached to an aromatic ring is 2. The van der Waals surface area contributed by atoms with Crippen LogP contribution in [-0.2, 0) is 9.78 Å². The molecule has 1 aromatic rings. The molecule has 4 nitrogen and oxygen atoms in total. The summed E-state index contributed by atoms with van der Waals surface area (Å²) in [5, 5.41) is 0. The molecule has 4 N–H and O–H groups in total. The van der Waals surface area contributed by atoms with Gasteiger partial charge in [-0.3, -0.25) is 0 Å². The highest BCUT2D eigenvalue weighted by Gasteiger charge is 1.95. The Labute approximate surface area is 83.7 Å². The normalized spacial score (nSPS) is 15.4. The van der Waals surface area contributed by atoms with Crippen molar-refractivity contribution >= 4 is 11.4 Å². The highest BCUT2D eigenvalue weighted by Crippen LogP contribution is 2.06. The smallest absolute Gasteiger partial charge is 0.0823 e. The average Bonchev–Trinajstić information content (AvgIpc) is 2.21. The van der Waals surface area contributed by atoms with E-state index in [1.54, 1.807) is 18.2 Å². The second-order valence-electron chi connectivity index (χ2n) is 3.02. The van der Waals surface area contributed by atoms with Crippen LogP contribution in [0.15, 0.2) is 24.3 Å². The van der Waals surface area contributed by atoms with E-state index in [4.69, 9.17) is 11.5 Å². The van der Waals surface area contributed by atoms with Gasteiger partial charge in [0.2, 0.25) is 0 Å². The molecule has 1 aliphatic heterocycles. The fraction of sp³-hybridized carbons (Fsp3) is 0.400. The van der Waals surface area contributed by atoms with Crippen LogP contribution in [0, 0.1) is 0 Å². The van der Waals surface area contributed by atoms with Crippen molar-refractivity contribution in [2.75, 3.05) is 24.7 Å². The summed E-state index contributed by atoms with van der Waals surface area (Å²) in [6.45, 7) is 1.56. The molecule has 0 spiro atoms. The summed E-state index contributed by atoms with van der Waals surface area (Å²) in [7, 11) is 0. The first kappa shape index (κ1) is 10.8. The van der Waals surface area contributed by atoms with Crippen LogP contribution in [-0.4, -0.2) is 13.2 Å². The zero-order valence-corrected chi connectivity index (χ0v) is 8.11. The van der Waals surface area contributed by atoms with Crippen molar-refractivity contribution in [2.24, 2.45) is 0 Å². The molecule has 1 aromatic carbocycles. The Morgan fingerprint density at radius 3 is 1.64 bits per heavy atom. The Bertz CT molecular complexity index is 233. The lowest BCUT2D eigenvalue weighted by Crippen LogP contribution is -2.05. The number of anilines is 2. The largest absolute Gasteiger partial charge is 0.399 e. The van der Waals surface area contributed by atoms with Crippen LogP contribution in [0.1, 0.15) is 12.8 Å². The molecule has 1 heterocycles. The number of nitrogens with two attached hydrogens (primary N) is 2. The Morgan fingerprint density at radius 1 is 0.929 bits per heavy atom. The first-order valence-electron chi connectivity index (χ1n) is 4.64. The van der Waals surface area contributed by atoms with E-state index in [0.29, 0.717) is 11.4 Å². The van der Waals surface area contributed by atoms with E-state index >= 15 is 0 Å². The highest BCUT2D eigenvalue weighted by molar-refractivity contribution is 5.50. The van der Waals surface area contributed by atoms with Crippen molar-refractivity contribution in [2.45, 2.75) is 12.8 Å². The van der Waals surface area contributed by atoms with Gasteiger partial charge in [-0.25, -0.2) is 9.78 Å². The Kier molecular flexibility index (Phi) is 4.82. The summed E-state index contributed by atoms with van der Waals surface area (Å²) >= 11 is 0. The predicted molar refractivity (Wildman–Crippen MR) is 56.4 cm³/mol. The zero-order valence-electron chi connectivity index (χ0n) is 8.11. The highest BCUT2D eigenvalue weighted by atomic mass is 17.2. The fourth-order valence-electron chi connectivity index (χ4n) is 0.999. The van der Waals surface area contributed by atoms with Crippen molar-refractivity contribution in [3.05, 3.63) is 24.3 Å². The molecule has 4 heteroatoms. The zero-order chi connectivity index (χ0) is 10.2. The number of rotatable bonds is 0. The van der Waals surface area contributed by atoms with E-state index in [9.17, 15) is 0 Å². The summed E-state index contributed by atoms with van der Waals surface area (Å²) in [5.41, 5.74) is 12.2. The van der Waals surface area contributed by atoms with Crippen LogP contribution in [0.25, 0.3) is 0 Å². The lowest BCUT2D eigenvalue weighted by atomic mass is 10.3. The van der Waals surface area contributed by atoms with E-state index in [-0.39, 0.29) is 0 Å². The molecule has 0 amide bonds. The van der Waals surface area contributed by atoms with Crippen LogP contribution in [0.3, 0.4) is 0 Å². The van der Waals surface area contributed by atoms with Gasteiger partial charge in [-0.2, -0.15) is 0 Å². The average molecular weight is 196 g/mol. The maximum Gasteiger partial charge on any atom is 0.0823 e. The fourth-order valence-corrected chi connectivity index (χ4v) is 0.999. The molecular weight excluding hydrogens is 180 g/mol. The molecule has 0 aliphatic carbocycles. The molecule has 2 rings (SSSR count). The number of hydrogen-bond donors (Lipinski definition) is 2. The van der Waals surface area contributed by atoms with Gasteiger partial charge in [0.05, 0.1) is 13.2 Å². The molecular formula is C10H16N2O2. The number of benzene rings is 1. The number of hydrogen-bond acceptors (Lipinski definition) is 4. The van der Waals surface area contributed by atoms with Crippen molar-refractivity contribution in [1.29, 1.82) is 0 Å². The van der Waals surface area contributed by atoms with E-state index in [2.05, 4.69) is 9.78 Å². The molecule has 0 atom stereocenters. The SMILES string of the molecule is C1CCOOC1.Nc1cccc(N)c1. The molecule has 0 bridgehead atoms. The summed E-state index contributed by atoms with van der Waals surface area (Å²) < 4.78 is 0. The second-order valence-corrected chi connectivity index (χ2v) is 3.02. The van der Waals surface area contributed by atoms with Crippen molar-refractivity contribution in [3.8, 4) is 0 Å². The molecule has 0 aromatic heterocycles.